The Morgan fingerprint density at radius 2 is 2.35 bits per heavy atom. The van der Waals surface area contributed by atoms with E-state index in [0.29, 0.717) is 0 Å². The van der Waals surface area contributed by atoms with E-state index < -0.39 is 0 Å². The first-order valence-electron chi connectivity index (χ1n) is 6.14. The fraction of sp³-hybridized carbons (Fsp3) is 0.538. The van der Waals surface area contributed by atoms with Crippen molar-refractivity contribution in [1.29, 1.82) is 0 Å². The van der Waals surface area contributed by atoms with E-state index in [4.69, 9.17) is 5.73 Å². The van der Waals surface area contributed by atoms with Crippen LogP contribution in [0.25, 0.3) is 0 Å². The molecule has 0 radical (unpaired) electrons. The van der Waals surface area contributed by atoms with Gasteiger partial charge in [-0.2, -0.15) is 0 Å². The van der Waals surface area contributed by atoms with Gasteiger partial charge in [-0.25, -0.2) is 4.39 Å². The number of thioether (sulfide) groups is 1. The van der Waals surface area contributed by atoms with Crippen LogP contribution in [-0.4, -0.2) is 18.8 Å². The number of halogens is 1. The van der Waals surface area contributed by atoms with E-state index in [1.54, 1.807) is 17.8 Å². The number of hydrogen-bond acceptors (Lipinski definition) is 3. The third-order valence-electron chi connectivity index (χ3n) is 3.17. The Labute approximate surface area is 106 Å². The Morgan fingerprint density at radius 1 is 1.47 bits per heavy atom. The summed E-state index contributed by atoms with van der Waals surface area (Å²) in [4.78, 5) is 0.973. The molecule has 2 nitrogen and oxygen atoms in total. The van der Waals surface area contributed by atoms with Gasteiger partial charge in [-0.05, 0) is 62.2 Å². The summed E-state index contributed by atoms with van der Waals surface area (Å²) in [6.45, 7) is 2.30. The van der Waals surface area contributed by atoms with Crippen LogP contribution in [0.4, 0.5) is 10.1 Å². The molecule has 2 rings (SSSR count). The first-order valence-corrected chi connectivity index (χ1v) is 7.13. The van der Waals surface area contributed by atoms with Gasteiger partial charge in [0, 0.05) is 4.90 Å². The highest BCUT2D eigenvalue weighted by molar-refractivity contribution is 7.99. The van der Waals surface area contributed by atoms with Crippen LogP contribution in [0.3, 0.4) is 0 Å². The minimum Gasteiger partial charge on any atom is -0.396 e. The highest BCUT2D eigenvalue weighted by atomic mass is 32.2. The van der Waals surface area contributed by atoms with E-state index in [1.807, 2.05) is 6.07 Å². The van der Waals surface area contributed by atoms with Gasteiger partial charge in [0.15, 0.2) is 0 Å². The average molecular weight is 254 g/mol. The number of nitrogen functional groups attached to an aromatic ring is 1. The Morgan fingerprint density at radius 3 is 3.06 bits per heavy atom. The van der Waals surface area contributed by atoms with Crippen molar-refractivity contribution in [1.82, 2.24) is 5.32 Å². The lowest BCUT2D eigenvalue weighted by molar-refractivity contribution is 0.371. The molecule has 1 fully saturated rings. The Balaban J connectivity index is 1.75. The van der Waals surface area contributed by atoms with Crippen LogP contribution in [0.1, 0.15) is 19.3 Å². The predicted molar refractivity (Wildman–Crippen MR) is 71.7 cm³/mol. The number of anilines is 1. The van der Waals surface area contributed by atoms with Crippen LogP contribution in [0.15, 0.2) is 23.1 Å². The van der Waals surface area contributed by atoms with Crippen molar-refractivity contribution >= 4 is 17.4 Å². The number of nitrogens with two attached hydrogens (primary N) is 1. The van der Waals surface area contributed by atoms with Crippen molar-refractivity contribution in [3.8, 4) is 0 Å². The molecule has 1 aliphatic rings. The molecule has 4 heteroatoms. The second-order valence-corrected chi connectivity index (χ2v) is 5.70. The molecule has 1 aromatic rings. The largest absolute Gasteiger partial charge is 0.396 e. The van der Waals surface area contributed by atoms with E-state index in [9.17, 15) is 4.39 Å². The van der Waals surface area contributed by atoms with Crippen molar-refractivity contribution in [3.63, 3.8) is 0 Å². The topological polar surface area (TPSA) is 38.0 Å². The van der Waals surface area contributed by atoms with Gasteiger partial charge < -0.3 is 11.1 Å². The summed E-state index contributed by atoms with van der Waals surface area (Å²) < 4.78 is 13.2. The molecule has 0 aliphatic carbocycles. The van der Waals surface area contributed by atoms with Crippen molar-refractivity contribution in [2.24, 2.45) is 5.92 Å². The van der Waals surface area contributed by atoms with Crippen molar-refractivity contribution in [2.75, 3.05) is 24.6 Å². The molecule has 17 heavy (non-hydrogen) atoms. The smallest absolute Gasteiger partial charge is 0.147 e. The summed E-state index contributed by atoms with van der Waals surface area (Å²) in [7, 11) is 0. The van der Waals surface area contributed by atoms with Gasteiger partial charge in [-0.3, -0.25) is 0 Å². The number of piperidine rings is 1. The van der Waals surface area contributed by atoms with Crippen LogP contribution >= 0.6 is 11.8 Å². The molecule has 0 bridgehead atoms. The lowest BCUT2D eigenvalue weighted by Gasteiger charge is -2.22. The maximum atomic E-state index is 13.2. The Kier molecular flexibility index (Phi) is 4.68. The van der Waals surface area contributed by atoms with Gasteiger partial charge in [0.25, 0.3) is 0 Å². The van der Waals surface area contributed by atoms with Crippen LogP contribution in [0.2, 0.25) is 0 Å². The lowest BCUT2D eigenvalue weighted by Crippen LogP contribution is -2.29. The molecule has 0 amide bonds. The lowest BCUT2D eigenvalue weighted by atomic mass is 9.97. The molecule has 1 saturated heterocycles. The third kappa shape index (κ3) is 3.89. The summed E-state index contributed by atoms with van der Waals surface area (Å²) in [5, 5.41) is 3.41. The van der Waals surface area contributed by atoms with Crippen LogP contribution in [0, 0.1) is 11.7 Å². The molecular weight excluding hydrogens is 235 g/mol. The zero-order valence-electron chi connectivity index (χ0n) is 9.92. The number of hydrogen-bond donors (Lipinski definition) is 2. The van der Waals surface area contributed by atoms with E-state index in [2.05, 4.69) is 5.32 Å². The van der Waals surface area contributed by atoms with Gasteiger partial charge in [-0.1, -0.05) is 0 Å². The molecule has 0 saturated carbocycles. The second kappa shape index (κ2) is 6.26. The number of benzene rings is 1. The van der Waals surface area contributed by atoms with E-state index >= 15 is 0 Å². The van der Waals surface area contributed by atoms with E-state index in [0.717, 1.165) is 29.7 Å². The van der Waals surface area contributed by atoms with Gasteiger partial charge in [0.2, 0.25) is 0 Å². The zero-order valence-corrected chi connectivity index (χ0v) is 10.7. The highest BCUT2D eigenvalue weighted by Gasteiger charge is 2.12. The average Bonchev–Trinajstić information content (AvgIpc) is 2.35. The number of rotatable bonds is 4. The summed E-state index contributed by atoms with van der Waals surface area (Å²) in [6, 6.07) is 5.06. The number of nitrogens with one attached hydrogen (secondary N) is 1. The SMILES string of the molecule is Nc1ccc(SCCC2CCCNC2)cc1F. The molecule has 0 spiro atoms. The molecule has 0 aromatic heterocycles. The molecule has 94 valence electrons. The standard InChI is InChI=1S/C13H19FN2S/c14-12-8-11(3-4-13(12)15)17-7-5-10-2-1-6-16-9-10/h3-4,8,10,16H,1-2,5-7,9,15H2. The quantitative estimate of drug-likeness (QED) is 0.641. The maximum absolute atomic E-state index is 13.2. The fourth-order valence-corrected chi connectivity index (χ4v) is 3.15. The van der Waals surface area contributed by atoms with Crippen molar-refractivity contribution in [2.45, 2.75) is 24.2 Å². The van der Waals surface area contributed by atoms with Gasteiger partial charge in [-0.15, -0.1) is 11.8 Å². The predicted octanol–water partition coefficient (Wildman–Crippen LogP) is 2.89. The van der Waals surface area contributed by atoms with Gasteiger partial charge >= 0.3 is 0 Å². The van der Waals surface area contributed by atoms with Crippen molar-refractivity contribution < 1.29 is 4.39 Å². The summed E-state index contributed by atoms with van der Waals surface area (Å²) in [6.07, 6.45) is 3.80. The molecule has 1 atom stereocenters. The van der Waals surface area contributed by atoms with Crippen LogP contribution < -0.4 is 11.1 Å². The first kappa shape index (κ1) is 12.7. The minimum atomic E-state index is -0.311. The summed E-state index contributed by atoms with van der Waals surface area (Å²) in [5.74, 6) is 1.53. The normalized spacial score (nSPS) is 20.4. The molecule has 1 heterocycles. The summed E-state index contributed by atoms with van der Waals surface area (Å²) in [5.41, 5.74) is 5.67. The second-order valence-electron chi connectivity index (χ2n) is 4.53. The molecule has 1 unspecified atom stereocenters. The highest BCUT2D eigenvalue weighted by Crippen LogP contribution is 2.25. The Hall–Kier alpha value is -0.740. The molecular formula is C13H19FN2S. The molecule has 3 N–H and O–H groups in total. The van der Waals surface area contributed by atoms with Crippen LogP contribution in [0.5, 0.6) is 0 Å². The molecule has 1 aliphatic heterocycles. The Bertz CT molecular complexity index is 364. The maximum Gasteiger partial charge on any atom is 0.147 e. The van der Waals surface area contributed by atoms with Crippen molar-refractivity contribution in [3.05, 3.63) is 24.0 Å². The fourth-order valence-electron chi connectivity index (χ4n) is 2.11. The molecule has 1 aromatic carbocycles. The van der Waals surface area contributed by atoms with Gasteiger partial charge in [0.05, 0.1) is 5.69 Å². The van der Waals surface area contributed by atoms with E-state index in [-0.39, 0.29) is 11.5 Å². The minimum absolute atomic E-state index is 0.228. The zero-order chi connectivity index (χ0) is 12.1. The summed E-state index contributed by atoms with van der Waals surface area (Å²) >= 11 is 1.71. The van der Waals surface area contributed by atoms with Crippen LogP contribution in [-0.2, 0) is 0 Å². The first-order chi connectivity index (χ1) is 8.25. The third-order valence-corrected chi connectivity index (χ3v) is 4.19. The van der Waals surface area contributed by atoms with E-state index in [1.165, 1.54) is 25.3 Å². The van der Waals surface area contributed by atoms with Gasteiger partial charge in [0.1, 0.15) is 5.82 Å². The monoisotopic (exact) mass is 254 g/mol.